The highest BCUT2D eigenvalue weighted by molar-refractivity contribution is 4.88. The van der Waals surface area contributed by atoms with Crippen LogP contribution in [0.5, 0.6) is 0 Å². The third-order valence-corrected chi connectivity index (χ3v) is 7.18. The van der Waals surface area contributed by atoms with Crippen molar-refractivity contribution >= 4 is 0 Å². The third-order valence-electron chi connectivity index (χ3n) is 7.18. The molecule has 132 valence electrons. The molecule has 3 saturated carbocycles. The van der Waals surface area contributed by atoms with E-state index in [-0.39, 0.29) is 0 Å². The fourth-order valence-corrected chi connectivity index (χ4v) is 5.59. The number of allylic oxidation sites excluding steroid dienone is 1. The molecule has 3 unspecified atom stereocenters. The average Bonchev–Trinajstić information content (AvgIpc) is 2.59. The van der Waals surface area contributed by atoms with Gasteiger partial charge >= 0.3 is 0 Å². The van der Waals surface area contributed by atoms with Crippen molar-refractivity contribution in [3.05, 3.63) is 12.7 Å². The molecule has 0 aromatic rings. The lowest BCUT2D eigenvalue weighted by Crippen LogP contribution is -2.30. The highest BCUT2D eigenvalue weighted by Gasteiger charge is 2.34. The molecule has 3 atom stereocenters. The Kier molecular flexibility index (Phi) is 6.15. The number of hydrogen-bond acceptors (Lipinski definition) is 0. The zero-order valence-corrected chi connectivity index (χ0v) is 14.6. The van der Waals surface area contributed by atoms with Crippen molar-refractivity contribution in [1.82, 2.24) is 0 Å². The fraction of sp³-hybridized carbons (Fsp3) is 0.905. The third kappa shape index (κ3) is 4.57. The molecule has 0 saturated heterocycles. The molecule has 0 heterocycles. The standard InChI is InChI=1S/C21H34F2/c1-2-15-3-8-18(9-4-15)19-10-5-16(6-11-19)13-17-7-12-20(22)21(23)14-17/h2,15-21H,1,3-14H2. The van der Waals surface area contributed by atoms with Crippen LogP contribution in [-0.2, 0) is 0 Å². The van der Waals surface area contributed by atoms with Gasteiger partial charge in [-0.3, -0.25) is 0 Å². The quantitative estimate of drug-likeness (QED) is 0.508. The Morgan fingerprint density at radius 1 is 0.696 bits per heavy atom. The highest BCUT2D eigenvalue weighted by Crippen LogP contribution is 2.44. The molecule has 3 rings (SSSR count). The van der Waals surface area contributed by atoms with Gasteiger partial charge in [0.15, 0.2) is 0 Å². The van der Waals surface area contributed by atoms with Crippen LogP contribution in [0, 0.1) is 29.6 Å². The molecule has 3 fully saturated rings. The van der Waals surface area contributed by atoms with E-state index in [0.717, 1.165) is 36.5 Å². The molecular formula is C21H34F2. The smallest absolute Gasteiger partial charge is 0.131 e. The van der Waals surface area contributed by atoms with Crippen LogP contribution in [0.25, 0.3) is 0 Å². The van der Waals surface area contributed by atoms with Gasteiger partial charge in [0.2, 0.25) is 0 Å². The van der Waals surface area contributed by atoms with E-state index in [1.807, 2.05) is 0 Å². The van der Waals surface area contributed by atoms with Gasteiger partial charge in [-0.05, 0) is 93.8 Å². The topological polar surface area (TPSA) is 0 Å². The van der Waals surface area contributed by atoms with Crippen molar-refractivity contribution in [2.75, 3.05) is 0 Å². The molecule has 0 nitrogen and oxygen atoms in total. The zero-order chi connectivity index (χ0) is 16.2. The summed E-state index contributed by atoms with van der Waals surface area (Å²) >= 11 is 0. The van der Waals surface area contributed by atoms with Crippen LogP contribution in [0.1, 0.15) is 77.0 Å². The van der Waals surface area contributed by atoms with Gasteiger partial charge in [-0.1, -0.05) is 18.9 Å². The maximum absolute atomic E-state index is 13.6. The first-order valence-electron chi connectivity index (χ1n) is 10.1. The van der Waals surface area contributed by atoms with E-state index in [4.69, 9.17) is 0 Å². The Bertz CT molecular complexity index is 364. The van der Waals surface area contributed by atoms with Crippen LogP contribution in [0.15, 0.2) is 12.7 Å². The maximum atomic E-state index is 13.6. The summed E-state index contributed by atoms with van der Waals surface area (Å²) in [6, 6.07) is 0. The predicted molar refractivity (Wildman–Crippen MR) is 92.8 cm³/mol. The average molecular weight is 324 g/mol. The molecule has 2 heteroatoms. The molecule has 0 bridgehead atoms. The van der Waals surface area contributed by atoms with Crippen LogP contribution < -0.4 is 0 Å². The van der Waals surface area contributed by atoms with Gasteiger partial charge < -0.3 is 0 Å². The summed E-state index contributed by atoms with van der Waals surface area (Å²) in [6.07, 6.45) is 13.7. The van der Waals surface area contributed by atoms with Crippen LogP contribution in [-0.4, -0.2) is 12.3 Å². The van der Waals surface area contributed by atoms with E-state index in [1.165, 1.54) is 51.4 Å². The maximum Gasteiger partial charge on any atom is 0.131 e. The number of rotatable bonds is 4. The van der Waals surface area contributed by atoms with E-state index in [2.05, 4.69) is 12.7 Å². The molecular weight excluding hydrogens is 290 g/mol. The molecule has 0 N–H and O–H groups in total. The van der Waals surface area contributed by atoms with Gasteiger partial charge in [-0.15, -0.1) is 6.58 Å². The Hall–Kier alpha value is -0.400. The first-order valence-corrected chi connectivity index (χ1v) is 10.1. The van der Waals surface area contributed by atoms with E-state index < -0.39 is 12.3 Å². The minimum absolute atomic E-state index is 0.446. The second-order valence-electron chi connectivity index (χ2n) is 8.64. The molecule has 3 aliphatic rings. The lowest BCUT2D eigenvalue weighted by atomic mass is 9.67. The summed E-state index contributed by atoms with van der Waals surface area (Å²) in [5.41, 5.74) is 0. The van der Waals surface area contributed by atoms with Gasteiger partial charge in [0.1, 0.15) is 12.3 Å². The Morgan fingerprint density at radius 3 is 1.83 bits per heavy atom. The van der Waals surface area contributed by atoms with Crippen molar-refractivity contribution in [3.8, 4) is 0 Å². The van der Waals surface area contributed by atoms with Gasteiger partial charge in [0.25, 0.3) is 0 Å². The summed E-state index contributed by atoms with van der Waals surface area (Å²) < 4.78 is 26.8. The molecule has 0 spiro atoms. The molecule has 0 aromatic carbocycles. The second-order valence-corrected chi connectivity index (χ2v) is 8.64. The number of alkyl halides is 2. The van der Waals surface area contributed by atoms with Crippen molar-refractivity contribution in [3.63, 3.8) is 0 Å². The molecule has 23 heavy (non-hydrogen) atoms. The van der Waals surface area contributed by atoms with Crippen molar-refractivity contribution in [2.24, 2.45) is 29.6 Å². The molecule has 3 aliphatic carbocycles. The Morgan fingerprint density at radius 2 is 1.26 bits per heavy atom. The number of halogens is 2. The SMILES string of the molecule is C=CC1CCC(C2CCC(CC3CCC(F)C(F)C3)CC2)CC1. The van der Waals surface area contributed by atoms with Crippen molar-refractivity contribution in [1.29, 1.82) is 0 Å². The Balaban J connectivity index is 1.38. The van der Waals surface area contributed by atoms with E-state index in [9.17, 15) is 8.78 Å². The van der Waals surface area contributed by atoms with Gasteiger partial charge in [-0.2, -0.15) is 0 Å². The van der Waals surface area contributed by atoms with Crippen LogP contribution >= 0.6 is 0 Å². The monoisotopic (exact) mass is 324 g/mol. The minimum atomic E-state index is -1.19. The van der Waals surface area contributed by atoms with Crippen molar-refractivity contribution < 1.29 is 8.78 Å². The normalized spacial score (nSPS) is 45.6. The predicted octanol–water partition coefficient (Wildman–Crippen LogP) is 6.65. The second kappa shape index (κ2) is 8.12. The molecule has 0 aliphatic heterocycles. The molecule has 0 aromatic heterocycles. The Labute approximate surface area is 141 Å². The van der Waals surface area contributed by atoms with Crippen LogP contribution in [0.3, 0.4) is 0 Å². The summed E-state index contributed by atoms with van der Waals surface area (Å²) in [6.45, 7) is 3.95. The lowest BCUT2D eigenvalue weighted by Gasteiger charge is -2.38. The molecule has 0 amide bonds. The van der Waals surface area contributed by atoms with E-state index >= 15 is 0 Å². The van der Waals surface area contributed by atoms with E-state index in [0.29, 0.717) is 18.8 Å². The lowest BCUT2D eigenvalue weighted by molar-refractivity contribution is 0.0728. The van der Waals surface area contributed by atoms with Gasteiger partial charge in [0.05, 0.1) is 0 Å². The highest BCUT2D eigenvalue weighted by atomic mass is 19.2. The van der Waals surface area contributed by atoms with Gasteiger partial charge in [0, 0.05) is 0 Å². The van der Waals surface area contributed by atoms with Crippen LogP contribution in [0.4, 0.5) is 8.78 Å². The van der Waals surface area contributed by atoms with Crippen molar-refractivity contribution in [2.45, 2.75) is 89.4 Å². The zero-order valence-electron chi connectivity index (χ0n) is 14.6. The number of hydrogen-bond donors (Lipinski definition) is 0. The summed E-state index contributed by atoms with van der Waals surface area (Å²) in [5.74, 6) is 3.88. The first kappa shape index (κ1) is 17.4. The largest absolute Gasteiger partial charge is 0.244 e. The summed E-state index contributed by atoms with van der Waals surface area (Å²) in [4.78, 5) is 0. The first-order chi connectivity index (χ1) is 11.2. The summed E-state index contributed by atoms with van der Waals surface area (Å²) in [5, 5.41) is 0. The van der Waals surface area contributed by atoms with Gasteiger partial charge in [-0.25, -0.2) is 8.78 Å². The van der Waals surface area contributed by atoms with Crippen LogP contribution in [0.2, 0.25) is 0 Å². The van der Waals surface area contributed by atoms with E-state index in [1.54, 1.807) is 0 Å². The fourth-order valence-electron chi connectivity index (χ4n) is 5.59. The molecule has 0 radical (unpaired) electrons. The summed E-state index contributed by atoms with van der Waals surface area (Å²) in [7, 11) is 0. The minimum Gasteiger partial charge on any atom is -0.244 e.